The SMILES string of the molecule is Cc1cc2c(cc1N1CC(C)NC(C)C1)NCC2. The van der Waals surface area contributed by atoms with Gasteiger partial charge in [0, 0.05) is 43.1 Å². The number of hydrogen-bond donors (Lipinski definition) is 2. The second kappa shape index (κ2) is 4.47. The second-order valence-electron chi connectivity index (χ2n) is 5.85. The maximum absolute atomic E-state index is 3.59. The number of anilines is 2. The molecule has 0 bridgehead atoms. The first-order chi connectivity index (χ1) is 8.63. The van der Waals surface area contributed by atoms with E-state index in [1.807, 2.05) is 0 Å². The van der Waals surface area contributed by atoms with E-state index in [0.717, 1.165) is 19.6 Å². The largest absolute Gasteiger partial charge is 0.384 e. The molecule has 2 aliphatic rings. The van der Waals surface area contributed by atoms with Crippen molar-refractivity contribution in [2.24, 2.45) is 0 Å². The number of nitrogens with one attached hydrogen (secondary N) is 2. The summed E-state index contributed by atoms with van der Waals surface area (Å²) < 4.78 is 0. The van der Waals surface area contributed by atoms with Gasteiger partial charge in [-0.2, -0.15) is 0 Å². The molecule has 0 spiro atoms. The first-order valence-corrected chi connectivity index (χ1v) is 7.02. The topological polar surface area (TPSA) is 27.3 Å². The molecule has 3 heteroatoms. The summed E-state index contributed by atoms with van der Waals surface area (Å²) >= 11 is 0. The van der Waals surface area contributed by atoms with E-state index in [1.54, 1.807) is 0 Å². The molecule has 0 radical (unpaired) electrons. The Morgan fingerprint density at radius 1 is 1.17 bits per heavy atom. The van der Waals surface area contributed by atoms with Crippen LogP contribution in [0.15, 0.2) is 12.1 Å². The predicted octanol–water partition coefficient (Wildman–Crippen LogP) is 2.15. The lowest BCUT2D eigenvalue weighted by atomic mass is 10.0. The molecule has 0 saturated carbocycles. The standard InChI is InChI=1S/C15H23N3/c1-10-6-13-4-5-16-14(13)7-15(10)18-8-11(2)17-12(3)9-18/h6-7,11-12,16-17H,4-5,8-9H2,1-3H3. The van der Waals surface area contributed by atoms with Crippen LogP contribution in [-0.2, 0) is 6.42 Å². The van der Waals surface area contributed by atoms with Gasteiger partial charge in [0.25, 0.3) is 0 Å². The zero-order chi connectivity index (χ0) is 12.7. The molecule has 1 aromatic carbocycles. The van der Waals surface area contributed by atoms with E-state index in [2.05, 4.69) is 48.4 Å². The lowest BCUT2D eigenvalue weighted by Gasteiger charge is -2.38. The first-order valence-electron chi connectivity index (χ1n) is 7.02. The Kier molecular flexibility index (Phi) is 2.94. The first kappa shape index (κ1) is 11.8. The minimum Gasteiger partial charge on any atom is -0.384 e. The highest BCUT2D eigenvalue weighted by Crippen LogP contribution is 2.32. The predicted molar refractivity (Wildman–Crippen MR) is 77.6 cm³/mol. The van der Waals surface area contributed by atoms with Crippen LogP contribution in [0.5, 0.6) is 0 Å². The van der Waals surface area contributed by atoms with Gasteiger partial charge in [0.05, 0.1) is 0 Å². The van der Waals surface area contributed by atoms with E-state index in [1.165, 1.54) is 28.9 Å². The fourth-order valence-corrected chi connectivity index (χ4v) is 3.32. The molecule has 98 valence electrons. The number of fused-ring (bicyclic) bond motifs is 1. The lowest BCUT2D eigenvalue weighted by molar-refractivity contribution is 0.407. The number of hydrogen-bond acceptors (Lipinski definition) is 3. The minimum absolute atomic E-state index is 0.564. The van der Waals surface area contributed by atoms with Crippen molar-refractivity contribution < 1.29 is 0 Å². The van der Waals surface area contributed by atoms with Gasteiger partial charge in [0.1, 0.15) is 0 Å². The fourth-order valence-electron chi connectivity index (χ4n) is 3.32. The Bertz CT molecular complexity index is 445. The van der Waals surface area contributed by atoms with Crippen molar-refractivity contribution in [2.45, 2.75) is 39.3 Å². The third-order valence-electron chi connectivity index (χ3n) is 4.03. The zero-order valence-electron chi connectivity index (χ0n) is 11.6. The summed E-state index contributed by atoms with van der Waals surface area (Å²) in [6.45, 7) is 10.1. The molecule has 3 nitrogen and oxygen atoms in total. The summed E-state index contributed by atoms with van der Waals surface area (Å²) in [6, 6.07) is 5.84. The molecule has 2 heterocycles. The maximum atomic E-state index is 3.59. The van der Waals surface area contributed by atoms with E-state index in [4.69, 9.17) is 0 Å². The fraction of sp³-hybridized carbons (Fsp3) is 0.600. The molecule has 2 N–H and O–H groups in total. The van der Waals surface area contributed by atoms with E-state index in [-0.39, 0.29) is 0 Å². The van der Waals surface area contributed by atoms with Crippen molar-refractivity contribution in [3.8, 4) is 0 Å². The van der Waals surface area contributed by atoms with E-state index in [9.17, 15) is 0 Å². The third kappa shape index (κ3) is 2.07. The molecule has 1 aromatic rings. The van der Waals surface area contributed by atoms with Gasteiger partial charge in [-0.1, -0.05) is 6.07 Å². The van der Waals surface area contributed by atoms with Gasteiger partial charge in [0.2, 0.25) is 0 Å². The Balaban J connectivity index is 1.91. The van der Waals surface area contributed by atoms with Crippen molar-refractivity contribution in [1.82, 2.24) is 5.32 Å². The Morgan fingerprint density at radius 3 is 2.61 bits per heavy atom. The van der Waals surface area contributed by atoms with Crippen LogP contribution in [0.4, 0.5) is 11.4 Å². The molecule has 2 aliphatic heterocycles. The van der Waals surface area contributed by atoms with Crippen LogP contribution >= 0.6 is 0 Å². The summed E-state index contributed by atoms with van der Waals surface area (Å²) in [5.41, 5.74) is 5.64. The van der Waals surface area contributed by atoms with Crippen molar-refractivity contribution in [1.29, 1.82) is 0 Å². The number of piperazine rings is 1. The van der Waals surface area contributed by atoms with Crippen LogP contribution in [-0.4, -0.2) is 31.7 Å². The van der Waals surface area contributed by atoms with Crippen molar-refractivity contribution in [3.05, 3.63) is 23.3 Å². The average Bonchev–Trinajstić information content (AvgIpc) is 2.73. The van der Waals surface area contributed by atoms with Crippen molar-refractivity contribution >= 4 is 11.4 Å². The van der Waals surface area contributed by atoms with Crippen LogP contribution < -0.4 is 15.5 Å². The van der Waals surface area contributed by atoms with Crippen LogP contribution in [0.3, 0.4) is 0 Å². The molecular weight excluding hydrogens is 222 g/mol. The van der Waals surface area contributed by atoms with Gasteiger partial charge in [-0.05, 0) is 44.4 Å². The zero-order valence-corrected chi connectivity index (χ0v) is 11.6. The van der Waals surface area contributed by atoms with Gasteiger partial charge in [0.15, 0.2) is 0 Å². The molecule has 2 unspecified atom stereocenters. The quantitative estimate of drug-likeness (QED) is 0.794. The van der Waals surface area contributed by atoms with Crippen LogP contribution in [0.1, 0.15) is 25.0 Å². The van der Waals surface area contributed by atoms with Crippen LogP contribution in [0, 0.1) is 6.92 Å². The highest BCUT2D eigenvalue weighted by atomic mass is 15.2. The van der Waals surface area contributed by atoms with Gasteiger partial charge in [-0.25, -0.2) is 0 Å². The van der Waals surface area contributed by atoms with Crippen molar-refractivity contribution in [3.63, 3.8) is 0 Å². The minimum atomic E-state index is 0.564. The maximum Gasteiger partial charge on any atom is 0.0417 e. The summed E-state index contributed by atoms with van der Waals surface area (Å²) in [5.74, 6) is 0. The highest BCUT2D eigenvalue weighted by Gasteiger charge is 2.23. The van der Waals surface area contributed by atoms with Crippen molar-refractivity contribution in [2.75, 3.05) is 29.9 Å². The third-order valence-corrected chi connectivity index (χ3v) is 4.03. The number of benzene rings is 1. The molecule has 18 heavy (non-hydrogen) atoms. The lowest BCUT2D eigenvalue weighted by Crippen LogP contribution is -2.54. The Morgan fingerprint density at radius 2 is 1.89 bits per heavy atom. The summed E-state index contributed by atoms with van der Waals surface area (Å²) in [4.78, 5) is 2.53. The molecule has 0 aromatic heterocycles. The molecule has 3 rings (SSSR count). The molecular formula is C15H23N3. The number of nitrogens with zero attached hydrogens (tertiary/aromatic N) is 1. The van der Waals surface area contributed by atoms with Gasteiger partial charge in [-0.15, -0.1) is 0 Å². The smallest absolute Gasteiger partial charge is 0.0417 e. The summed E-state index contributed by atoms with van der Waals surface area (Å²) in [5, 5.41) is 7.08. The molecule has 1 fully saturated rings. The monoisotopic (exact) mass is 245 g/mol. The molecule has 2 atom stereocenters. The Hall–Kier alpha value is -1.22. The van der Waals surface area contributed by atoms with Gasteiger partial charge < -0.3 is 15.5 Å². The summed E-state index contributed by atoms with van der Waals surface area (Å²) in [6.07, 6.45) is 1.17. The second-order valence-corrected chi connectivity index (χ2v) is 5.85. The Labute approximate surface area is 110 Å². The van der Waals surface area contributed by atoms with Crippen LogP contribution in [0.2, 0.25) is 0 Å². The van der Waals surface area contributed by atoms with E-state index < -0.39 is 0 Å². The number of aryl methyl sites for hydroxylation is 1. The summed E-state index contributed by atoms with van der Waals surface area (Å²) in [7, 11) is 0. The normalized spacial score (nSPS) is 26.9. The molecule has 1 saturated heterocycles. The van der Waals surface area contributed by atoms with Crippen LogP contribution in [0.25, 0.3) is 0 Å². The van der Waals surface area contributed by atoms with E-state index in [0.29, 0.717) is 12.1 Å². The van der Waals surface area contributed by atoms with Gasteiger partial charge >= 0.3 is 0 Å². The molecule has 0 aliphatic carbocycles. The van der Waals surface area contributed by atoms with E-state index >= 15 is 0 Å². The average molecular weight is 245 g/mol. The molecule has 0 amide bonds. The number of rotatable bonds is 1. The van der Waals surface area contributed by atoms with Gasteiger partial charge in [-0.3, -0.25) is 0 Å². The highest BCUT2D eigenvalue weighted by molar-refractivity contribution is 5.68.